The molecule has 0 saturated carbocycles. The number of amides is 1. The van der Waals surface area contributed by atoms with Crippen LogP contribution in [-0.2, 0) is 11.4 Å². The maximum atomic E-state index is 12.2. The Hall–Kier alpha value is -3.14. The minimum Gasteiger partial charge on any atom is -0.487 e. The summed E-state index contributed by atoms with van der Waals surface area (Å²) in [5.74, 6) is 0.351. The largest absolute Gasteiger partial charge is 0.487 e. The van der Waals surface area contributed by atoms with Gasteiger partial charge in [0.25, 0.3) is 0 Å². The van der Waals surface area contributed by atoms with Crippen LogP contribution in [0.1, 0.15) is 21.8 Å². The molecule has 28 heavy (non-hydrogen) atoms. The molecule has 3 rings (SSSR count). The van der Waals surface area contributed by atoms with Crippen molar-refractivity contribution in [2.24, 2.45) is 0 Å². The van der Waals surface area contributed by atoms with E-state index in [-0.39, 0.29) is 5.91 Å². The van der Waals surface area contributed by atoms with Crippen LogP contribution in [0.15, 0.2) is 53.9 Å². The number of hydrogen-bond acceptors (Lipinski definition) is 5. The summed E-state index contributed by atoms with van der Waals surface area (Å²) >= 11 is 7.56. The van der Waals surface area contributed by atoms with Gasteiger partial charge >= 0.3 is 0 Å². The Kier molecular flexibility index (Phi) is 6.43. The predicted molar refractivity (Wildman–Crippen MR) is 111 cm³/mol. The molecule has 1 heterocycles. The van der Waals surface area contributed by atoms with Crippen molar-refractivity contribution in [3.8, 4) is 11.8 Å². The minimum atomic E-state index is -0.314. The van der Waals surface area contributed by atoms with Gasteiger partial charge in [-0.05, 0) is 37.3 Å². The fourth-order valence-corrected chi connectivity index (χ4v) is 3.23. The molecule has 0 saturated heterocycles. The molecule has 1 amide bonds. The first-order valence-electron chi connectivity index (χ1n) is 8.36. The van der Waals surface area contributed by atoms with Gasteiger partial charge in [0.2, 0.25) is 5.91 Å². The van der Waals surface area contributed by atoms with E-state index in [2.05, 4.69) is 10.3 Å². The molecule has 0 atom stereocenters. The van der Waals surface area contributed by atoms with Gasteiger partial charge in [0.15, 0.2) is 0 Å². The smallest absolute Gasteiger partial charge is 0.248 e. The number of anilines is 1. The summed E-state index contributed by atoms with van der Waals surface area (Å²) in [4.78, 5) is 16.6. The maximum Gasteiger partial charge on any atom is 0.248 e. The van der Waals surface area contributed by atoms with Crippen molar-refractivity contribution in [2.75, 3.05) is 5.32 Å². The number of rotatable bonds is 6. The van der Waals surface area contributed by atoms with E-state index in [1.807, 2.05) is 42.6 Å². The standard InChI is InChI=1S/C21H16ClN3O2S/c1-14-24-18(13-28-14)12-27-20-5-3-2-4-15(20)7-9-21(26)25-17-8-6-16(11-23)19(22)10-17/h2-10,13H,12H2,1H3,(H,25,26)/b9-7+. The van der Waals surface area contributed by atoms with E-state index >= 15 is 0 Å². The van der Waals surface area contributed by atoms with Gasteiger partial charge in [0, 0.05) is 22.7 Å². The van der Waals surface area contributed by atoms with E-state index in [0.29, 0.717) is 28.6 Å². The van der Waals surface area contributed by atoms with Crippen LogP contribution < -0.4 is 10.1 Å². The Morgan fingerprint density at radius 1 is 1.36 bits per heavy atom. The Morgan fingerprint density at radius 3 is 2.89 bits per heavy atom. The van der Waals surface area contributed by atoms with Gasteiger partial charge in [0.1, 0.15) is 18.4 Å². The van der Waals surface area contributed by atoms with Crippen molar-refractivity contribution in [3.63, 3.8) is 0 Å². The van der Waals surface area contributed by atoms with Crippen molar-refractivity contribution in [3.05, 3.63) is 80.8 Å². The predicted octanol–water partition coefficient (Wildman–Crippen LogP) is 5.21. The number of nitriles is 1. The Morgan fingerprint density at radius 2 is 2.18 bits per heavy atom. The number of nitrogens with one attached hydrogen (secondary N) is 1. The zero-order valence-electron chi connectivity index (χ0n) is 15.0. The highest BCUT2D eigenvalue weighted by Gasteiger charge is 2.05. The molecule has 140 valence electrons. The monoisotopic (exact) mass is 409 g/mol. The number of aryl methyl sites for hydroxylation is 1. The number of nitrogens with zero attached hydrogens (tertiary/aromatic N) is 2. The lowest BCUT2D eigenvalue weighted by Gasteiger charge is -2.08. The SMILES string of the molecule is Cc1nc(COc2ccccc2/C=C/C(=O)Nc2ccc(C#N)c(Cl)c2)cs1. The summed E-state index contributed by atoms with van der Waals surface area (Å²) in [6.07, 6.45) is 3.10. The molecule has 3 aromatic rings. The van der Waals surface area contributed by atoms with E-state index in [0.717, 1.165) is 16.3 Å². The molecule has 0 radical (unpaired) electrons. The number of carbonyl (C=O) groups is 1. The zero-order chi connectivity index (χ0) is 19.9. The Bertz CT molecular complexity index is 1070. The second kappa shape index (κ2) is 9.18. The topological polar surface area (TPSA) is 75.0 Å². The quantitative estimate of drug-likeness (QED) is 0.567. The summed E-state index contributed by atoms with van der Waals surface area (Å²) in [5.41, 5.74) is 2.53. The first-order valence-corrected chi connectivity index (χ1v) is 9.62. The van der Waals surface area contributed by atoms with Gasteiger partial charge in [-0.25, -0.2) is 4.98 Å². The average Bonchev–Trinajstić information content (AvgIpc) is 3.11. The number of ether oxygens (including phenoxy) is 1. The lowest BCUT2D eigenvalue weighted by Crippen LogP contribution is -2.07. The molecule has 0 fully saturated rings. The van der Waals surface area contributed by atoms with Gasteiger partial charge < -0.3 is 10.1 Å². The fourth-order valence-electron chi connectivity index (χ4n) is 2.41. The maximum absolute atomic E-state index is 12.2. The normalized spacial score (nSPS) is 10.6. The van der Waals surface area contributed by atoms with Crippen molar-refractivity contribution in [2.45, 2.75) is 13.5 Å². The third kappa shape index (κ3) is 5.19. The van der Waals surface area contributed by atoms with Gasteiger partial charge in [-0.2, -0.15) is 5.26 Å². The second-order valence-electron chi connectivity index (χ2n) is 5.81. The van der Waals surface area contributed by atoms with Crippen LogP contribution in [-0.4, -0.2) is 10.9 Å². The molecule has 2 aromatic carbocycles. The molecule has 1 aromatic heterocycles. The average molecular weight is 410 g/mol. The number of aromatic nitrogens is 1. The van der Waals surface area contributed by atoms with E-state index in [1.165, 1.54) is 6.08 Å². The van der Waals surface area contributed by atoms with Gasteiger partial charge in [-0.1, -0.05) is 29.8 Å². The lowest BCUT2D eigenvalue weighted by atomic mass is 10.2. The number of thiazole rings is 1. The molecule has 0 aliphatic carbocycles. The number of para-hydroxylation sites is 1. The molecule has 0 spiro atoms. The van der Waals surface area contributed by atoms with Gasteiger partial charge in [-0.3, -0.25) is 4.79 Å². The highest BCUT2D eigenvalue weighted by atomic mass is 35.5. The third-order valence-corrected chi connectivity index (χ3v) is 4.87. The summed E-state index contributed by atoms with van der Waals surface area (Å²) in [6, 6.07) is 14.2. The van der Waals surface area contributed by atoms with Crippen molar-refractivity contribution < 1.29 is 9.53 Å². The van der Waals surface area contributed by atoms with Crippen molar-refractivity contribution in [1.29, 1.82) is 5.26 Å². The van der Waals surface area contributed by atoms with E-state index in [4.69, 9.17) is 21.6 Å². The van der Waals surface area contributed by atoms with Crippen LogP contribution in [0.4, 0.5) is 5.69 Å². The van der Waals surface area contributed by atoms with Crippen molar-refractivity contribution >= 4 is 40.6 Å². The number of halogens is 1. The Balaban J connectivity index is 1.65. The first-order chi connectivity index (χ1) is 13.5. The van der Waals surface area contributed by atoms with Crippen LogP contribution >= 0.6 is 22.9 Å². The summed E-state index contributed by atoms with van der Waals surface area (Å²) in [6.45, 7) is 2.32. The number of carbonyl (C=O) groups excluding carboxylic acids is 1. The lowest BCUT2D eigenvalue weighted by molar-refractivity contribution is -0.111. The molecular formula is C21H16ClN3O2S. The van der Waals surface area contributed by atoms with E-state index in [1.54, 1.807) is 35.6 Å². The van der Waals surface area contributed by atoms with Crippen LogP contribution in [0.2, 0.25) is 5.02 Å². The summed E-state index contributed by atoms with van der Waals surface area (Å²) in [7, 11) is 0. The molecule has 5 nitrogen and oxygen atoms in total. The fraction of sp³-hybridized carbons (Fsp3) is 0.0952. The number of benzene rings is 2. The van der Waals surface area contributed by atoms with E-state index < -0.39 is 0 Å². The molecule has 7 heteroatoms. The third-order valence-electron chi connectivity index (χ3n) is 3.73. The molecule has 1 N–H and O–H groups in total. The Labute approximate surface area is 171 Å². The molecule has 0 aliphatic heterocycles. The first kappa shape index (κ1) is 19.6. The highest BCUT2D eigenvalue weighted by molar-refractivity contribution is 7.09. The van der Waals surface area contributed by atoms with Crippen molar-refractivity contribution in [1.82, 2.24) is 4.98 Å². The highest BCUT2D eigenvalue weighted by Crippen LogP contribution is 2.22. The van der Waals surface area contributed by atoms with Gasteiger partial charge in [-0.15, -0.1) is 11.3 Å². The van der Waals surface area contributed by atoms with Crippen LogP contribution in [0.3, 0.4) is 0 Å². The minimum absolute atomic E-state index is 0.292. The van der Waals surface area contributed by atoms with E-state index in [9.17, 15) is 4.79 Å². The molecular weight excluding hydrogens is 394 g/mol. The summed E-state index contributed by atoms with van der Waals surface area (Å²) in [5, 5.41) is 14.9. The molecule has 0 unspecified atom stereocenters. The van der Waals surface area contributed by atoms with Gasteiger partial charge in [0.05, 0.1) is 21.3 Å². The molecule has 0 bridgehead atoms. The van der Waals surface area contributed by atoms with Crippen LogP contribution in [0.5, 0.6) is 5.75 Å². The van der Waals surface area contributed by atoms with Crippen LogP contribution in [0.25, 0.3) is 6.08 Å². The summed E-state index contributed by atoms with van der Waals surface area (Å²) < 4.78 is 5.84. The zero-order valence-corrected chi connectivity index (χ0v) is 16.6. The molecule has 0 aliphatic rings. The number of hydrogen-bond donors (Lipinski definition) is 1. The second-order valence-corrected chi connectivity index (χ2v) is 7.28. The van der Waals surface area contributed by atoms with Crippen LogP contribution in [0, 0.1) is 18.3 Å².